The molecule has 0 N–H and O–H groups in total. The van der Waals surface area contributed by atoms with Gasteiger partial charge in [0.15, 0.2) is 0 Å². The van der Waals surface area contributed by atoms with Crippen molar-refractivity contribution in [2.24, 2.45) is 0 Å². The lowest BCUT2D eigenvalue weighted by molar-refractivity contribution is -0.143. The van der Waals surface area contributed by atoms with E-state index in [4.69, 9.17) is 16.3 Å². The van der Waals surface area contributed by atoms with Gasteiger partial charge >= 0.3 is 5.97 Å². The van der Waals surface area contributed by atoms with Gasteiger partial charge in [0.25, 0.3) is 0 Å². The molecule has 3 heteroatoms. The summed E-state index contributed by atoms with van der Waals surface area (Å²) in [5, 5.41) is 0.690. The molecule has 0 saturated heterocycles. The van der Waals surface area contributed by atoms with Crippen molar-refractivity contribution in [2.45, 2.75) is 39.0 Å². The molecule has 0 heterocycles. The van der Waals surface area contributed by atoms with Crippen LogP contribution in [-0.2, 0) is 9.53 Å². The van der Waals surface area contributed by atoms with E-state index in [1.807, 2.05) is 18.2 Å². The van der Waals surface area contributed by atoms with E-state index in [1.54, 1.807) is 18.2 Å². The lowest BCUT2D eigenvalue weighted by atomic mass is 10.2. The second kappa shape index (κ2) is 13.2. The molecular weight excluding hydrogens is 260 g/mol. The minimum absolute atomic E-state index is 0.104. The zero-order valence-electron chi connectivity index (χ0n) is 11.6. The van der Waals surface area contributed by atoms with Gasteiger partial charge in [-0.05, 0) is 25.3 Å². The van der Waals surface area contributed by atoms with Crippen molar-refractivity contribution < 1.29 is 9.53 Å². The van der Waals surface area contributed by atoms with Gasteiger partial charge in [-0.3, -0.25) is 4.79 Å². The van der Waals surface area contributed by atoms with Crippen LogP contribution in [0.1, 0.15) is 39.0 Å². The predicted molar refractivity (Wildman–Crippen MR) is 82.1 cm³/mol. The van der Waals surface area contributed by atoms with Gasteiger partial charge in [0.05, 0.1) is 6.61 Å². The van der Waals surface area contributed by atoms with Crippen LogP contribution in [0.5, 0.6) is 0 Å². The summed E-state index contributed by atoms with van der Waals surface area (Å²) in [6.45, 7) is 6.07. The second-order valence-electron chi connectivity index (χ2n) is 4.00. The number of esters is 1. The first-order valence-electron chi connectivity index (χ1n) is 6.66. The molecule has 2 nitrogen and oxygen atoms in total. The Kier molecular flexibility index (Phi) is 12.3. The maximum atomic E-state index is 11.2. The molecule has 0 spiro atoms. The first-order valence-corrected chi connectivity index (χ1v) is 7.03. The lowest BCUT2D eigenvalue weighted by Gasteiger charge is -2.01. The Morgan fingerprint density at radius 3 is 2.84 bits per heavy atom. The Bertz CT molecular complexity index is 341. The third-order valence-electron chi connectivity index (χ3n) is 2.29. The number of hydrogen-bond acceptors (Lipinski definition) is 2. The average molecular weight is 283 g/mol. The van der Waals surface area contributed by atoms with Crippen molar-refractivity contribution in [1.82, 2.24) is 0 Å². The molecule has 0 unspecified atom stereocenters. The summed E-state index contributed by atoms with van der Waals surface area (Å²) < 4.78 is 5.07. The van der Waals surface area contributed by atoms with Gasteiger partial charge in [0, 0.05) is 11.5 Å². The maximum absolute atomic E-state index is 11.2. The number of hydrogen-bond donors (Lipinski definition) is 0. The number of allylic oxidation sites excluding steroid dienone is 6. The molecule has 0 rings (SSSR count). The lowest BCUT2D eigenvalue weighted by Crippen LogP contribution is -2.04. The molecule has 0 aliphatic carbocycles. The molecule has 0 atom stereocenters. The van der Waals surface area contributed by atoms with Gasteiger partial charge in [-0.1, -0.05) is 61.9 Å². The number of unbranched alkanes of at least 4 members (excludes halogenated alkanes) is 1. The average Bonchev–Trinajstić information content (AvgIpc) is 2.41. The molecule has 0 fully saturated rings. The highest BCUT2D eigenvalue weighted by molar-refractivity contribution is 6.31. The van der Waals surface area contributed by atoms with Gasteiger partial charge in [-0.2, -0.15) is 0 Å². The largest absolute Gasteiger partial charge is 0.465 e. The van der Waals surface area contributed by atoms with E-state index in [9.17, 15) is 4.79 Å². The van der Waals surface area contributed by atoms with Crippen LogP contribution in [0, 0.1) is 0 Å². The van der Waals surface area contributed by atoms with Crippen molar-refractivity contribution >= 4 is 17.6 Å². The summed E-state index contributed by atoms with van der Waals surface area (Å²) in [4.78, 5) is 11.2. The van der Waals surface area contributed by atoms with E-state index in [1.165, 1.54) is 0 Å². The summed E-state index contributed by atoms with van der Waals surface area (Å²) in [6.07, 6.45) is 15.1. The molecule has 0 amide bonds. The zero-order chi connectivity index (χ0) is 14.3. The molecule has 106 valence electrons. The van der Waals surface area contributed by atoms with E-state index in [0.29, 0.717) is 18.1 Å². The molecule has 0 radical (unpaired) electrons. The fourth-order valence-electron chi connectivity index (χ4n) is 1.26. The van der Waals surface area contributed by atoms with Crippen LogP contribution in [-0.4, -0.2) is 12.6 Å². The number of carbonyl (C=O) groups is 1. The van der Waals surface area contributed by atoms with Crippen molar-refractivity contribution in [1.29, 1.82) is 0 Å². The monoisotopic (exact) mass is 282 g/mol. The number of rotatable bonds is 10. The Hall–Kier alpha value is -1.28. The minimum atomic E-state index is -0.104. The minimum Gasteiger partial charge on any atom is -0.465 e. The Balaban J connectivity index is 3.61. The molecule has 0 aliphatic heterocycles. The van der Waals surface area contributed by atoms with Crippen LogP contribution in [0.25, 0.3) is 0 Å². The Labute approximate surface area is 121 Å². The standard InChI is InChI=1S/C16H23ClO2/c1-3-5-11-15(17)12-9-7-8-10-14-19-16(18)13-6-4-2/h3,5,7-8,11-12H,1,4,6,9-10,13-14H2,2H3/b8-7+,11-5-,15-12-. The van der Waals surface area contributed by atoms with Crippen LogP contribution in [0.3, 0.4) is 0 Å². The van der Waals surface area contributed by atoms with Gasteiger partial charge in [-0.25, -0.2) is 0 Å². The topological polar surface area (TPSA) is 26.3 Å². The van der Waals surface area contributed by atoms with Crippen molar-refractivity contribution in [3.05, 3.63) is 48.1 Å². The summed E-state index contributed by atoms with van der Waals surface area (Å²) >= 11 is 5.91. The molecule has 0 aromatic heterocycles. The highest BCUT2D eigenvalue weighted by Gasteiger charge is 1.99. The summed E-state index contributed by atoms with van der Waals surface area (Å²) in [5.74, 6) is -0.104. The fraction of sp³-hybridized carbons (Fsp3) is 0.438. The quantitative estimate of drug-likeness (QED) is 0.246. The van der Waals surface area contributed by atoms with E-state index in [0.717, 1.165) is 25.7 Å². The third kappa shape index (κ3) is 13.0. The fourth-order valence-corrected chi connectivity index (χ4v) is 1.42. The number of ether oxygens (including phenoxy) is 1. The van der Waals surface area contributed by atoms with E-state index in [2.05, 4.69) is 13.5 Å². The molecule has 0 aromatic rings. The summed E-state index contributed by atoms with van der Waals surface area (Å²) in [7, 11) is 0. The third-order valence-corrected chi connectivity index (χ3v) is 2.57. The van der Waals surface area contributed by atoms with Crippen molar-refractivity contribution in [2.75, 3.05) is 6.61 Å². The van der Waals surface area contributed by atoms with Crippen LogP contribution >= 0.6 is 11.6 Å². The maximum Gasteiger partial charge on any atom is 0.305 e. The smallest absolute Gasteiger partial charge is 0.305 e. The van der Waals surface area contributed by atoms with Gasteiger partial charge in [0.2, 0.25) is 0 Å². The first-order chi connectivity index (χ1) is 9.20. The molecule has 0 aliphatic rings. The number of carbonyl (C=O) groups excluding carboxylic acids is 1. The Morgan fingerprint density at radius 2 is 2.16 bits per heavy atom. The van der Waals surface area contributed by atoms with E-state index < -0.39 is 0 Å². The van der Waals surface area contributed by atoms with Gasteiger partial charge < -0.3 is 4.74 Å². The summed E-state index contributed by atoms with van der Waals surface area (Å²) in [5.41, 5.74) is 0. The number of halogens is 1. The van der Waals surface area contributed by atoms with Crippen LogP contribution < -0.4 is 0 Å². The summed E-state index contributed by atoms with van der Waals surface area (Å²) in [6, 6.07) is 0. The van der Waals surface area contributed by atoms with E-state index in [-0.39, 0.29) is 5.97 Å². The molecule has 19 heavy (non-hydrogen) atoms. The van der Waals surface area contributed by atoms with Crippen molar-refractivity contribution in [3.8, 4) is 0 Å². The normalized spacial score (nSPS) is 12.2. The second-order valence-corrected chi connectivity index (χ2v) is 4.44. The van der Waals surface area contributed by atoms with Gasteiger partial charge in [0.1, 0.15) is 0 Å². The SMILES string of the molecule is C=C/C=C\C(Cl)=C\C/C=C/CCOC(=O)CCCC. The molecular formula is C16H23ClO2. The highest BCUT2D eigenvalue weighted by atomic mass is 35.5. The molecule has 0 bridgehead atoms. The molecule has 0 aromatic carbocycles. The van der Waals surface area contributed by atoms with Crippen LogP contribution in [0.4, 0.5) is 0 Å². The van der Waals surface area contributed by atoms with Crippen molar-refractivity contribution in [3.63, 3.8) is 0 Å². The predicted octanol–water partition coefficient (Wildman–Crippen LogP) is 4.92. The highest BCUT2D eigenvalue weighted by Crippen LogP contribution is 2.05. The Morgan fingerprint density at radius 1 is 1.37 bits per heavy atom. The van der Waals surface area contributed by atoms with Crippen LogP contribution in [0.2, 0.25) is 0 Å². The van der Waals surface area contributed by atoms with Gasteiger partial charge in [-0.15, -0.1) is 0 Å². The van der Waals surface area contributed by atoms with E-state index >= 15 is 0 Å². The van der Waals surface area contributed by atoms with Crippen LogP contribution in [0.15, 0.2) is 48.1 Å². The first kappa shape index (κ1) is 17.7. The molecule has 0 saturated carbocycles. The zero-order valence-corrected chi connectivity index (χ0v) is 12.4.